The molecule has 0 fully saturated rings. The molecule has 1 amide bonds. The van der Waals surface area contributed by atoms with E-state index in [4.69, 9.17) is 10.00 Å². The van der Waals surface area contributed by atoms with Crippen molar-refractivity contribution in [1.82, 2.24) is 0 Å². The minimum absolute atomic E-state index is 0.157. The quantitative estimate of drug-likeness (QED) is 0.610. The molecule has 0 spiro atoms. The third-order valence-electron chi connectivity index (χ3n) is 3.94. The van der Waals surface area contributed by atoms with Crippen LogP contribution in [0.15, 0.2) is 48.5 Å². The predicted molar refractivity (Wildman–Crippen MR) is 104 cm³/mol. The second kappa shape index (κ2) is 9.80. The number of rotatable bonds is 8. The van der Waals surface area contributed by atoms with E-state index in [0.29, 0.717) is 17.8 Å². The Morgan fingerprint density at radius 1 is 1.10 bits per heavy atom. The molecule has 0 unspecified atom stereocenters. The number of nitrogens with zero attached hydrogens (tertiary/aromatic N) is 2. The molecule has 7 nitrogen and oxygen atoms in total. The number of hydrogen-bond acceptors (Lipinski definition) is 6. The molecule has 0 aliphatic rings. The molecular weight excluding hydrogens is 399 g/mol. The largest absolute Gasteiger partial charge is 0.452 e. The summed E-state index contributed by atoms with van der Waals surface area (Å²) in [5.74, 6) is -2.52. The Morgan fingerprint density at radius 2 is 1.72 bits per heavy atom. The van der Waals surface area contributed by atoms with Gasteiger partial charge in [0.05, 0.1) is 17.4 Å². The van der Waals surface area contributed by atoms with Crippen LogP contribution in [0.25, 0.3) is 0 Å². The second-order valence-electron chi connectivity index (χ2n) is 6.08. The molecule has 0 bridgehead atoms. The van der Waals surface area contributed by atoms with Crippen LogP contribution < -0.4 is 4.90 Å². The summed E-state index contributed by atoms with van der Waals surface area (Å²) >= 11 is 0. The van der Waals surface area contributed by atoms with Gasteiger partial charge in [0.25, 0.3) is 5.91 Å². The first-order valence-corrected chi connectivity index (χ1v) is 10.5. The zero-order chi connectivity index (χ0) is 21.4. The zero-order valence-corrected chi connectivity index (χ0v) is 16.5. The highest BCUT2D eigenvalue weighted by Crippen LogP contribution is 2.15. The normalized spacial score (nSPS) is 10.8. The van der Waals surface area contributed by atoms with E-state index in [1.165, 1.54) is 53.4 Å². The molecule has 0 aromatic heterocycles. The number of nitriles is 1. The highest BCUT2D eigenvalue weighted by molar-refractivity contribution is 7.90. The van der Waals surface area contributed by atoms with Crippen LogP contribution in [0.2, 0.25) is 0 Å². The summed E-state index contributed by atoms with van der Waals surface area (Å²) in [7, 11) is -3.53. The average molecular weight is 418 g/mol. The lowest BCUT2D eigenvalue weighted by Crippen LogP contribution is -2.34. The SMILES string of the molecule is CCN(C(=O)COC(=O)c1ccc(CS(=O)(=O)CC#N)cc1)c1ccc(F)cc1. The minimum Gasteiger partial charge on any atom is -0.452 e. The minimum atomic E-state index is -3.53. The van der Waals surface area contributed by atoms with Gasteiger partial charge in [-0.1, -0.05) is 12.1 Å². The first kappa shape index (κ1) is 22.0. The Labute approximate surface area is 168 Å². The highest BCUT2D eigenvalue weighted by Gasteiger charge is 2.17. The lowest BCUT2D eigenvalue weighted by atomic mass is 10.1. The third kappa shape index (κ3) is 6.40. The maximum Gasteiger partial charge on any atom is 0.338 e. The van der Waals surface area contributed by atoms with Gasteiger partial charge < -0.3 is 9.64 Å². The van der Waals surface area contributed by atoms with Crippen LogP contribution in [-0.4, -0.2) is 39.2 Å². The molecule has 0 N–H and O–H groups in total. The molecular formula is C20H19FN2O5S. The average Bonchev–Trinajstić information content (AvgIpc) is 2.68. The molecule has 0 atom stereocenters. The van der Waals surface area contributed by atoms with Crippen LogP contribution in [0.5, 0.6) is 0 Å². The molecule has 29 heavy (non-hydrogen) atoms. The fourth-order valence-corrected chi connectivity index (χ4v) is 3.55. The van der Waals surface area contributed by atoms with E-state index in [9.17, 15) is 22.4 Å². The standard InChI is InChI=1S/C20H19FN2O5S/c1-2-23(18-9-7-17(21)8-10-18)19(24)13-28-20(25)16-5-3-15(4-6-16)14-29(26,27)12-11-22/h3-10H,2,12-14H2,1H3. The van der Waals surface area contributed by atoms with Crippen molar-refractivity contribution in [2.24, 2.45) is 0 Å². The van der Waals surface area contributed by atoms with Crippen LogP contribution in [0.4, 0.5) is 10.1 Å². The number of anilines is 1. The van der Waals surface area contributed by atoms with E-state index < -0.39 is 39.9 Å². The van der Waals surface area contributed by atoms with E-state index in [1.807, 2.05) is 0 Å². The van der Waals surface area contributed by atoms with Gasteiger partial charge in [0.15, 0.2) is 16.4 Å². The summed E-state index contributed by atoms with van der Waals surface area (Å²) in [5, 5.41) is 8.50. The maximum atomic E-state index is 13.0. The predicted octanol–water partition coefficient (Wildman–Crippen LogP) is 2.47. The first-order chi connectivity index (χ1) is 13.8. The topological polar surface area (TPSA) is 105 Å². The van der Waals surface area contributed by atoms with Crippen molar-refractivity contribution in [3.05, 3.63) is 65.5 Å². The second-order valence-corrected chi connectivity index (χ2v) is 8.14. The number of carbonyl (C=O) groups is 2. The lowest BCUT2D eigenvalue weighted by molar-refractivity contribution is -0.121. The number of esters is 1. The van der Waals surface area contributed by atoms with Crippen LogP contribution in [0.1, 0.15) is 22.8 Å². The molecule has 0 saturated heterocycles. The van der Waals surface area contributed by atoms with Crippen LogP contribution >= 0.6 is 0 Å². The van der Waals surface area contributed by atoms with Gasteiger partial charge in [0, 0.05) is 12.2 Å². The van der Waals surface area contributed by atoms with Crippen molar-refractivity contribution in [3.63, 3.8) is 0 Å². The number of benzene rings is 2. The number of ether oxygens (including phenoxy) is 1. The van der Waals surface area contributed by atoms with Gasteiger partial charge in [0.2, 0.25) is 0 Å². The molecule has 0 radical (unpaired) electrons. The molecule has 0 aliphatic carbocycles. The zero-order valence-electron chi connectivity index (χ0n) is 15.7. The Hall–Kier alpha value is -3.25. The summed E-state index contributed by atoms with van der Waals surface area (Å²) < 4.78 is 41.4. The van der Waals surface area contributed by atoms with Crippen molar-refractivity contribution in [1.29, 1.82) is 5.26 Å². The van der Waals surface area contributed by atoms with Gasteiger partial charge in [-0.3, -0.25) is 4.79 Å². The molecule has 2 aromatic carbocycles. The fraction of sp³-hybridized carbons (Fsp3) is 0.250. The monoisotopic (exact) mass is 418 g/mol. The molecule has 152 valence electrons. The van der Waals surface area contributed by atoms with Crippen molar-refractivity contribution < 1.29 is 27.1 Å². The van der Waals surface area contributed by atoms with Crippen molar-refractivity contribution >= 4 is 27.4 Å². The van der Waals surface area contributed by atoms with Crippen molar-refractivity contribution in [2.75, 3.05) is 23.8 Å². The summed E-state index contributed by atoms with van der Waals surface area (Å²) in [6.07, 6.45) is 0. The van der Waals surface area contributed by atoms with E-state index in [2.05, 4.69) is 0 Å². The molecule has 2 rings (SSSR count). The van der Waals surface area contributed by atoms with Gasteiger partial charge in [-0.25, -0.2) is 17.6 Å². The molecule has 9 heteroatoms. The Kier molecular flexibility index (Phi) is 7.45. The van der Waals surface area contributed by atoms with E-state index in [-0.39, 0.29) is 11.3 Å². The van der Waals surface area contributed by atoms with Crippen LogP contribution in [-0.2, 0) is 25.1 Å². The van der Waals surface area contributed by atoms with Crippen LogP contribution in [0, 0.1) is 17.1 Å². The third-order valence-corrected chi connectivity index (χ3v) is 5.29. The number of amides is 1. The summed E-state index contributed by atoms with van der Waals surface area (Å²) in [5.41, 5.74) is 1.07. The van der Waals surface area contributed by atoms with Gasteiger partial charge in [-0.2, -0.15) is 5.26 Å². The van der Waals surface area contributed by atoms with Gasteiger partial charge in [-0.05, 0) is 48.9 Å². The Bertz CT molecular complexity index is 1010. The fourth-order valence-electron chi connectivity index (χ4n) is 2.55. The van der Waals surface area contributed by atoms with E-state index >= 15 is 0 Å². The van der Waals surface area contributed by atoms with E-state index in [1.54, 1.807) is 13.0 Å². The Morgan fingerprint density at radius 3 is 2.28 bits per heavy atom. The Balaban J connectivity index is 1.96. The lowest BCUT2D eigenvalue weighted by Gasteiger charge is -2.20. The number of halogens is 1. The highest BCUT2D eigenvalue weighted by atomic mass is 32.2. The summed E-state index contributed by atoms with van der Waals surface area (Å²) in [4.78, 5) is 25.8. The molecule has 0 saturated carbocycles. The molecule has 0 heterocycles. The molecule has 2 aromatic rings. The van der Waals surface area contributed by atoms with Crippen molar-refractivity contribution in [2.45, 2.75) is 12.7 Å². The van der Waals surface area contributed by atoms with Gasteiger partial charge in [-0.15, -0.1) is 0 Å². The van der Waals surface area contributed by atoms with Crippen LogP contribution in [0.3, 0.4) is 0 Å². The number of hydrogen-bond donors (Lipinski definition) is 0. The van der Waals surface area contributed by atoms with Gasteiger partial charge in [0.1, 0.15) is 11.6 Å². The van der Waals surface area contributed by atoms with Gasteiger partial charge >= 0.3 is 5.97 Å². The summed E-state index contributed by atoms with van der Waals surface area (Å²) in [6.45, 7) is 1.55. The number of carbonyl (C=O) groups excluding carboxylic acids is 2. The number of sulfone groups is 1. The smallest absolute Gasteiger partial charge is 0.338 e. The maximum absolute atomic E-state index is 13.0. The summed E-state index contributed by atoms with van der Waals surface area (Å²) in [6, 6.07) is 12.7. The van der Waals surface area contributed by atoms with Crippen molar-refractivity contribution in [3.8, 4) is 6.07 Å². The molecule has 0 aliphatic heterocycles. The first-order valence-electron chi connectivity index (χ1n) is 8.65. The number of likely N-dealkylation sites (N-methyl/N-ethyl adjacent to an activating group) is 1. The van der Waals surface area contributed by atoms with E-state index in [0.717, 1.165) is 0 Å².